The van der Waals surface area contributed by atoms with Gasteiger partial charge in [-0.1, -0.05) is 36.4 Å². The number of benzene rings is 2. The van der Waals surface area contributed by atoms with E-state index in [4.69, 9.17) is 5.73 Å². The summed E-state index contributed by atoms with van der Waals surface area (Å²) >= 11 is 2.26. The van der Waals surface area contributed by atoms with Gasteiger partial charge in [-0.25, -0.2) is 0 Å². The van der Waals surface area contributed by atoms with Crippen molar-refractivity contribution in [2.45, 2.75) is 12.8 Å². The zero-order chi connectivity index (χ0) is 14.5. The molecule has 0 aliphatic rings. The van der Waals surface area contributed by atoms with E-state index >= 15 is 0 Å². The second kappa shape index (κ2) is 6.85. The van der Waals surface area contributed by atoms with Gasteiger partial charge in [-0.2, -0.15) is 0 Å². The molecule has 4 heteroatoms. The van der Waals surface area contributed by atoms with Gasteiger partial charge in [0.2, 0.25) is 5.91 Å². The van der Waals surface area contributed by atoms with Crippen LogP contribution in [0.1, 0.15) is 17.0 Å². The maximum atomic E-state index is 12.3. The van der Waals surface area contributed by atoms with E-state index in [1.807, 2.05) is 55.5 Å². The summed E-state index contributed by atoms with van der Waals surface area (Å²) in [4.78, 5) is 12.3. The molecule has 0 aromatic heterocycles. The van der Waals surface area contributed by atoms with Crippen molar-refractivity contribution in [1.82, 2.24) is 0 Å². The summed E-state index contributed by atoms with van der Waals surface area (Å²) in [5.41, 5.74) is 8.69. The standard InChI is InChI=1S/C16H17IN2O/c1-11-7-8-13(9-15(11)17)19-16(20)14(10-18)12-5-3-2-4-6-12/h2-9,14H,10,18H2,1H3,(H,19,20). The van der Waals surface area contributed by atoms with Gasteiger partial charge >= 0.3 is 0 Å². The molecule has 3 N–H and O–H groups in total. The van der Waals surface area contributed by atoms with E-state index in [0.717, 1.165) is 14.8 Å². The van der Waals surface area contributed by atoms with E-state index in [1.165, 1.54) is 5.56 Å². The number of carbonyl (C=O) groups is 1. The van der Waals surface area contributed by atoms with Gasteiger partial charge in [0.05, 0.1) is 5.92 Å². The number of nitrogens with one attached hydrogen (secondary N) is 1. The fourth-order valence-corrected chi connectivity index (χ4v) is 2.50. The van der Waals surface area contributed by atoms with E-state index in [-0.39, 0.29) is 11.8 Å². The molecule has 0 saturated carbocycles. The third kappa shape index (κ3) is 3.58. The van der Waals surface area contributed by atoms with Gasteiger partial charge in [0.1, 0.15) is 0 Å². The SMILES string of the molecule is Cc1ccc(NC(=O)C(CN)c2ccccc2)cc1I. The Morgan fingerprint density at radius 2 is 1.95 bits per heavy atom. The average molecular weight is 380 g/mol. The van der Waals surface area contributed by atoms with Gasteiger partial charge in [-0.05, 0) is 52.8 Å². The van der Waals surface area contributed by atoms with Gasteiger partial charge in [0.15, 0.2) is 0 Å². The van der Waals surface area contributed by atoms with Gasteiger partial charge < -0.3 is 11.1 Å². The predicted octanol–water partition coefficient (Wildman–Crippen LogP) is 3.28. The Morgan fingerprint density at radius 1 is 1.25 bits per heavy atom. The Balaban J connectivity index is 2.15. The molecule has 2 rings (SSSR count). The van der Waals surface area contributed by atoms with Crippen molar-refractivity contribution in [3.8, 4) is 0 Å². The van der Waals surface area contributed by atoms with E-state index in [9.17, 15) is 4.79 Å². The Morgan fingerprint density at radius 3 is 2.55 bits per heavy atom. The van der Waals surface area contributed by atoms with Crippen LogP contribution >= 0.6 is 22.6 Å². The lowest BCUT2D eigenvalue weighted by Gasteiger charge is -2.15. The molecule has 0 bridgehead atoms. The molecular formula is C16H17IN2O. The maximum Gasteiger partial charge on any atom is 0.233 e. The first-order chi connectivity index (χ1) is 9.61. The lowest BCUT2D eigenvalue weighted by molar-refractivity contribution is -0.117. The van der Waals surface area contributed by atoms with Crippen LogP contribution in [0.5, 0.6) is 0 Å². The summed E-state index contributed by atoms with van der Waals surface area (Å²) in [6.07, 6.45) is 0. The molecule has 0 spiro atoms. The highest BCUT2D eigenvalue weighted by Crippen LogP contribution is 2.20. The van der Waals surface area contributed by atoms with Gasteiger partial charge in [0, 0.05) is 15.8 Å². The zero-order valence-electron chi connectivity index (χ0n) is 11.3. The van der Waals surface area contributed by atoms with E-state index < -0.39 is 0 Å². The van der Waals surface area contributed by atoms with E-state index in [1.54, 1.807) is 0 Å². The molecule has 3 nitrogen and oxygen atoms in total. The van der Waals surface area contributed by atoms with E-state index in [2.05, 4.69) is 27.9 Å². The van der Waals surface area contributed by atoms with Crippen LogP contribution in [-0.2, 0) is 4.79 Å². The lowest BCUT2D eigenvalue weighted by atomic mass is 9.98. The van der Waals surface area contributed by atoms with Crippen molar-refractivity contribution >= 4 is 34.2 Å². The highest BCUT2D eigenvalue weighted by Gasteiger charge is 2.18. The molecule has 20 heavy (non-hydrogen) atoms. The molecule has 2 aromatic rings. The van der Waals surface area contributed by atoms with Crippen LogP contribution in [0.2, 0.25) is 0 Å². The predicted molar refractivity (Wildman–Crippen MR) is 90.8 cm³/mol. The van der Waals surface area contributed by atoms with Crippen LogP contribution in [0.25, 0.3) is 0 Å². The minimum atomic E-state index is -0.324. The smallest absolute Gasteiger partial charge is 0.233 e. The molecule has 1 amide bonds. The van der Waals surface area contributed by atoms with Crippen molar-refractivity contribution in [1.29, 1.82) is 0 Å². The molecule has 0 radical (unpaired) electrons. The number of halogens is 1. The fraction of sp³-hybridized carbons (Fsp3) is 0.188. The van der Waals surface area contributed by atoms with Crippen molar-refractivity contribution in [3.63, 3.8) is 0 Å². The number of anilines is 1. The first-order valence-electron chi connectivity index (χ1n) is 6.44. The highest BCUT2D eigenvalue weighted by atomic mass is 127. The van der Waals surface area contributed by atoms with Gasteiger partial charge in [-0.3, -0.25) is 4.79 Å². The number of nitrogens with two attached hydrogens (primary N) is 1. The first-order valence-corrected chi connectivity index (χ1v) is 7.51. The number of amides is 1. The summed E-state index contributed by atoms with van der Waals surface area (Å²) in [5.74, 6) is -0.395. The van der Waals surface area contributed by atoms with Crippen LogP contribution in [-0.4, -0.2) is 12.5 Å². The molecule has 1 unspecified atom stereocenters. The molecule has 2 aromatic carbocycles. The summed E-state index contributed by atoms with van der Waals surface area (Å²) in [6, 6.07) is 15.5. The zero-order valence-corrected chi connectivity index (χ0v) is 13.4. The van der Waals surface area contributed by atoms with Crippen molar-refractivity contribution < 1.29 is 4.79 Å². The summed E-state index contributed by atoms with van der Waals surface area (Å²) < 4.78 is 1.13. The quantitative estimate of drug-likeness (QED) is 0.800. The molecular weight excluding hydrogens is 363 g/mol. The molecule has 104 valence electrons. The number of aryl methyl sites for hydroxylation is 1. The number of carbonyl (C=O) groups excluding carboxylic acids is 1. The maximum absolute atomic E-state index is 12.3. The second-order valence-corrected chi connectivity index (χ2v) is 5.81. The summed E-state index contributed by atoms with van der Waals surface area (Å²) in [5, 5.41) is 2.94. The van der Waals surface area contributed by atoms with Crippen LogP contribution in [0, 0.1) is 10.5 Å². The topological polar surface area (TPSA) is 55.1 Å². The summed E-state index contributed by atoms with van der Waals surface area (Å²) in [7, 11) is 0. The Labute approximate surface area is 132 Å². The molecule has 0 heterocycles. The van der Waals surface area contributed by atoms with Crippen LogP contribution in [0.15, 0.2) is 48.5 Å². The monoisotopic (exact) mass is 380 g/mol. The largest absolute Gasteiger partial charge is 0.329 e. The second-order valence-electron chi connectivity index (χ2n) is 4.65. The van der Waals surface area contributed by atoms with Gasteiger partial charge in [0.25, 0.3) is 0 Å². The normalized spacial score (nSPS) is 11.9. The third-order valence-electron chi connectivity index (χ3n) is 3.19. The van der Waals surface area contributed by atoms with Crippen molar-refractivity contribution in [3.05, 3.63) is 63.2 Å². The van der Waals surface area contributed by atoms with Crippen molar-refractivity contribution in [2.75, 3.05) is 11.9 Å². The molecule has 0 aliphatic heterocycles. The Bertz CT molecular complexity index is 599. The first kappa shape index (κ1) is 15.0. The molecule has 0 saturated heterocycles. The lowest BCUT2D eigenvalue weighted by Crippen LogP contribution is -2.27. The molecule has 0 fully saturated rings. The van der Waals surface area contributed by atoms with Crippen LogP contribution in [0.4, 0.5) is 5.69 Å². The Kier molecular flexibility index (Phi) is 5.14. The number of rotatable bonds is 4. The fourth-order valence-electron chi connectivity index (χ4n) is 1.98. The number of hydrogen-bond acceptors (Lipinski definition) is 2. The van der Waals surface area contributed by atoms with E-state index in [0.29, 0.717) is 6.54 Å². The van der Waals surface area contributed by atoms with Crippen LogP contribution in [0.3, 0.4) is 0 Å². The van der Waals surface area contributed by atoms with Gasteiger partial charge in [-0.15, -0.1) is 0 Å². The summed E-state index contributed by atoms with van der Waals surface area (Å²) in [6.45, 7) is 2.33. The van der Waals surface area contributed by atoms with Crippen LogP contribution < -0.4 is 11.1 Å². The highest BCUT2D eigenvalue weighted by molar-refractivity contribution is 14.1. The van der Waals surface area contributed by atoms with Crippen molar-refractivity contribution in [2.24, 2.45) is 5.73 Å². The third-order valence-corrected chi connectivity index (χ3v) is 4.36. The average Bonchev–Trinajstić information content (AvgIpc) is 2.45. The number of hydrogen-bond donors (Lipinski definition) is 2. The minimum Gasteiger partial charge on any atom is -0.329 e. The molecule has 0 aliphatic carbocycles. The molecule has 1 atom stereocenters. The minimum absolute atomic E-state index is 0.0710. The Hall–Kier alpha value is -1.40.